The van der Waals surface area contributed by atoms with Crippen molar-refractivity contribution in [2.75, 3.05) is 6.54 Å². The first-order valence-electron chi connectivity index (χ1n) is 4.49. The van der Waals surface area contributed by atoms with Crippen molar-refractivity contribution in [3.63, 3.8) is 0 Å². The number of nitrogens with zero attached hydrogens (tertiary/aromatic N) is 2. The van der Waals surface area contributed by atoms with Crippen LogP contribution in [0, 0.1) is 0 Å². The first-order chi connectivity index (χ1) is 6.30. The Morgan fingerprint density at radius 3 is 2.77 bits per heavy atom. The van der Waals surface area contributed by atoms with E-state index in [-0.39, 0.29) is 0 Å². The largest absolute Gasteiger partial charge is 0.329 e. The van der Waals surface area contributed by atoms with Gasteiger partial charge in [-0.2, -0.15) is 4.37 Å². The van der Waals surface area contributed by atoms with E-state index in [9.17, 15) is 0 Å². The van der Waals surface area contributed by atoms with E-state index in [1.807, 2.05) is 0 Å². The molecule has 0 bridgehead atoms. The fourth-order valence-electron chi connectivity index (χ4n) is 0.870. The van der Waals surface area contributed by atoms with Crippen LogP contribution in [-0.2, 0) is 6.42 Å². The normalized spacial score (nSPS) is 13.2. The summed E-state index contributed by atoms with van der Waals surface area (Å²) in [6.45, 7) is 4.92. The van der Waals surface area contributed by atoms with Crippen LogP contribution in [0.15, 0.2) is 4.34 Å². The zero-order valence-electron chi connectivity index (χ0n) is 7.99. The van der Waals surface area contributed by atoms with Gasteiger partial charge in [-0.3, -0.25) is 0 Å². The Bertz CT molecular complexity index is 245. The van der Waals surface area contributed by atoms with Gasteiger partial charge < -0.3 is 5.73 Å². The third-order valence-corrected chi connectivity index (χ3v) is 3.97. The van der Waals surface area contributed by atoms with E-state index in [2.05, 4.69) is 23.2 Å². The Kier molecular flexibility index (Phi) is 4.69. The average Bonchev–Trinajstić information content (AvgIpc) is 2.61. The molecule has 5 heteroatoms. The lowest BCUT2D eigenvalue weighted by molar-refractivity contribution is 0.825. The van der Waals surface area contributed by atoms with Gasteiger partial charge in [-0.1, -0.05) is 25.6 Å². The van der Waals surface area contributed by atoms with Crippen molar-refractivity contribution in [2.45, 2.75) is 36.3 Å². The molecule has 0 amide bonds. The van der Waals surface area contributed by atoms with Crippen molar-refractivity contribution in [2.24, 2.45) is 5.73 Å². The molecule has 0 aromatic carbocycles. The van der Waals surface area contributed by atoms with Crippen LogP contribution in [-0.4, -0.2) is 21.2 Å². The zero-order valence-corrected chi connectivity index (χ0v) is 9.62. The Balaban J connectivity index is 2.52. The second kappa shape index (κ2) is 5.57. The average molecular weight is 217 g/mol. The number of hydrogen-bond acceptors (Lipinski definition) is 5. The highest BCUT2D eigenvalue weighted by molar-refractivity contribution is 8.01. The highest BCUT2D eigenvalue weighted by Crippen LogP contribution is 2.26. The summed E-state index contributed by atoms with van der Waals surface area (Å²) in [5, 5.41) is 0.484. The zero-order chi connectivity index (χ0) is 9.68. The van der Waals surface area contributed by atoms with Gasteiger partial charge in [0.25, 0.3) is 0 Å². The highest BCUT2D eigenvalue weighted by atomic mass is 32.2. The molecule has 0 aliphatic carbocycles. The van der Waals surface area contributed by atoms with Crippen molar-refractivity contribution in [3.8, 4) is 0 Å². The first kappa shape index (κ1) is 10.9. The molecule has 0 saturated heterocycles. The van der Waals surface area contributed by atoms with Gasteiger partial charge in [0, 0.05) is 18.2 Å². The molecule has 0 radical (unpaired) electrons. The number of nitrogens with two attached hydrogens (primary N) is 1. The maximum atomic E-state index is 5.61. The predicted molar refractivity (Wildman–Crippen MR) is 58.3 cm³/mol. The van der Waals surface area contributed by atoms with Crippen LogP contribution in [0.5, 0.6) is 0 Å². The molecule has 74 valence electrons. The number of hydrogen-bond donors (Lipinski definition) is 1. The van der Waals surface area contributed by atoms with Gasteiger partial charge in [-0.25, -0.2) is 4.98 Å². The van der Waals surface area contributed by atoms with Gasteiger partial charge >= 0.3 is 0 Å². The molecule has 0 aliphatic rings. The minimum absolute atomic E-state index is 0.484. The van der Waals surface area contributed by atoms with E-state index in [0.717, 1.165) is 23.0 Å². The molecule has 1 aromatic heterocycles. The third-order valence-electron chi connectivity index (χ3n) is 1.75. The molecule has 1 aromatic rings. The quantitative estimate of drug-likeness (QED) is 0.766. The van der Waals surface area contributed by atoms with Crippen LogP contribution < -0.4 is 5.73 Å². The lowest BCUT2D eigenvalue weighted by Crippen LogP contribution is -2.15. The summed E-state index contributed by atoms with van der Waals surface area (Å²) in [7, 11) is 0. The van der Waals surface area contributed by atoms with Gasteiger partial charge in [0.1, 0.15) is 5.82 Å². The molecule has 1 atom stereocenters. The minimum Gasteiger partial charge on any atom is -0.329 e. The summed E-state index contributed by atoms with van der Waals surface area (Å²) in [5.41, 5.74) is 5.61. The number of aryl methyl sites for hydroxylation is 1. The molecule has 0 aliphatic heterocycles. The first-order valence-corrected chi connectivity index (χ1v) is 6.14. The summed E-state index contributed by atoms with van der Waals surface area (Å²) in [4.78, 5) is 4.38. The van der Waals surface area contributed by atoms with Gasteiger partial charge in [0.2, 0.25) is 0 Å². The van der Waals surface area contributed by atoms with E-state index in [1.54, 1.807) is 11.8 Å². The summed E-state index contributed by atoms with van der Waals surface area (Å²) in [5.74, 6) is 0.944. The van der Waals surface area contributed by atoms with Crippen molar-refractivity contribution < 1.29 is 0 Å². The monoisotopic (exact) mass is 217 g/mol. The van der Waals surface area contributed by atoms with E-state index in [0.29, 0.717) is 11.8 Å². The molecule has 3 nitrogen and oxygen atoms in total. The maximum Gasteiger partial charge on any atom is 0.170 e. The Morgan fingerprint density at radius 1 is 1.54 bits per heavy atom. The molecule has 2 N–H and O–H groups in total. The van der Waals surface area contributed by atoms with Gasteiger partial charge in [0.05, 0.1) is 0 Å². The summed E-state index contributed by atoms with van der Waals surface area (Å²) < 4.78 is 5.28. The molecule has 1 unspecified atom stereocenters. The number of rotatable bonds is 5. The Morgan fingerprint density at radius 2 is 2.31 bits per heavy atom. The second-order valence-electron chi connectivity index (χ2n) is 2.71. The van der Waals surface area contributed by atoms with Crippen molar-refractivity contribution in [1.29, 1.82) is 0 Å². The van der Waals surface area contributed by atoms with Crippen molar-refractivity contribution in [1.82, 2.24) is 9.36 Å². The van der Waals surface area contributed by atoms with Gasteiger partial charge in [-0.15, -0.1) is 0 Å². The maximum absolute atomic E-state index is 5.61. The summed E-state index contributed by atoms with van der Waals surface area (Å²) >= 11 is 3.22. The fourth-order valence-corrected chi connectivity index (χ4v) is 2.77. The number of aromatic nitrogens is 2. The van der Waals surface area contributed by atoms with Crippen LogP contribution in [0.25, 0.3) is 0 Å². The molecule has 1 heterocycles. The minimum atomic E-state index is 0.484. The molecule has 0 saturated carbocycles. The third kappa shape index (κ3) is 3.25. The van der Waals surface area contributed by atoms with Crippen LogP contribution >= 0.6 is 23.3 Å². The van der Waals surface area contributed by atoms with E-state index in [4.69, 9.17) is 5.73 Å². The Labute approximate surface area is 87.3 Å². The van der Waals surface area contributed by atoms with E-state index >= 15 is 0 Å². The molecule has 13 heavy (non-hydrogen) atoms. The standard InChI is InChI=1S/C8H15N3S2/c1-3-6(5-9)12-8-10-7(4-2)11-13-8/h6H,3-5,9H2,1-2H3. The van der Waals surface area contributed by atoms with E-state index in [1.165, 1.54) is 11.5 Å². The molecule has 0 fully saturated rings. The van der Waals surface area contributed by atoms with Gasteiger partial charge in [-0.05, 0) is 18.0 Å². The van der Waals surface area contributed by atoms with Crippen molar-refractivity contribution >= 4 is 23.3 Å². The van der Waals surface area contributed by atoms with Gasteiger partial charge in [0.15, 0.2) is 4.34 Å². The van der Waals surface area contributed by atoms with Crippen LogP contribution in [0.1, 0.15) is 26.1 Å². The summed E-state index contributed by atoms with van der Waals surface area (Å²) in [6.07, 6.45) is 2.00. The molecular formula is C8H15N3S2. The number of thioether (sulfide) groups is 1. The van der Waals surface area contributed by atoms with Crippen LogP contribution in [0.4, 0.5) is 0 Å². The smallest absolute Gasteiger partial charge is 0.170 e. The second-order valence-corrected chi connectivity index (χ2v) is 5.01. The molecule has 0 spiro atoms. The topological polar surface area (TPSA) is 51.8 Å². The molecular weight excluding hydrogens is 202 g/mol. The SMILES string of the molecule is CCc1nsc(SC(CC)CN)n1. The van der Waals surface area contributed by atoms with Crippen LogP contribution in [0.3, 0.4) is 0 Å². The van der Waals surface area contributed by atoms with E-state index < -0.39 is 0 Å². The highest BCUT2D eigenvalue weighted by Gasteiger charge is 2.09. The lowest BCUT2D eigenvalue weighted by Gasteiger charge is -2.07. The van der Waals surface area contributed by atoms with Crippen molar-refractivity contribution in [3.05, 3.63) is 5.82 Å². The lowest BCUT2D eigenvalue weighted by atomic mass is 10.3. The molecule has 1 rings (SSSR count). The fraction of sp³-hybridized carbons (Fsp3) is 0.750. The Hall–Kier alpha value is -0.130. The predicted octanol–water partition coefficient (Wildman–Crippen LogP) is 1.93. The van der Waals surface area contributed by atoms with Crippen LogP contribution in [0.2, 0.25) is 0 Å². The summed E-state index contributed by atoms with van der Waals surface area (Å²) in [6, 6.07) is 0.